The number of rotatable bonds is 7. The normalized spacial score (nSPS) is 15.9. The van der Waals surface area contributed by atoms with Crippen molar-refractivity contribution in [3.05, 3.63) is 78.5 Å². The fraction of sp³-hybridized carbons (Fsp3) is 0.261. The standard InChI is InChI=1S/C23H23N5O2/c29-22-13-19(16-28(22)15-17-5-4-10-24-14-17)23(30)26-12-9-21-25-11-8-20(27-21)18-6-2-1-3-7-18/h1-8,10-11,14,19H,9,12-13,15-16H2,(H,26,30)/t19-/m1/s1. The van der Waals surface area contributed by atoms with Gasteiger partial charge in [0.25, 0.3) is 0 Å². The molecule has 1 atom stereocenters. The summed E-state index contributed by atoms with van der Waals surface area (Å²) in [6, 6.07) is 15.6. The Kier molecular flexibility index (Phi) is 6.08. The molecule has 7 nitrogen and oxygen atoms in total. The minimum atomic E-state index is -0.328. The molecule has 0 spiro atoms. The van der Waals surface area contributed by atoms with Crippen LogP contribution in [-0.2, 0) is 22.6 Å². The average Bonchev–Trinajstić information content (AvgIpc) is 3.15. The summed E-state index contributed by atoms with van der Waals surface area (Å²) >= 11 is 0. The zero-order chi connectivity index (χ0) is 20.8. The van der Waals surface area contributed by atoms with Gasteiger partial charge in [0.2, 0.25) is 11.8 Å². The van der Waals surface area contributed by atoms with Crippen molar-refractivity contribution < 1.29 is 9.59 Å². The topological polar surface area (TPSA) is 88.1 Å². The van der Waals surface area contributed by atoms with Gasteiger partial charge in [-0.2, -0.15) is 0 Å². The Labute approximate surface area is 175 Å². The summed E-state index contributed by atoms with van der Waals surface area (Å²) in [5.74, 6) is 0.247. The molecule has 152 valence electrons. The number of likely N-dealkylation sites (tertiary alicyclic amines) is 1. The van der Waals surface area contributed by atoms with Crippen molar-refractivity contribution in [2.24, 2.45) is 5.92 Å². The second-order valence-corrected chi connectivity index (χ2v) is 7.30. The molecule has 0 saturated carbocycles. The largest absolute Gasteiger partial charge is 0.355 e. The maximum absolute atomic E-state index is 12.5. The Balaban J connectivity index is 1.28. The Hall–Kier alpha value is -3.61. The molecular weight excluding hydrogens is 378 g/mol. The first-order chi connectivity index (χ1) is 14.7. The molecule has 1 aromatic carbocycles. The van der Waals surface area contributed by atoms with E-state index in [4.69, 9.17) is 0 Å². The van der Waals surface area contributed by atoms with Crippen LogP contribution in [0.15, 0.2) is 67.1 Å². The summed E-state index contributed by atoms with van der Waals surface area (Å²) < 4.78 is 0. The van der Waals surface area contributed by atoms with E-state index >= 15 is 0 Å². The second kappa shape index (κ2) is 9.26. The van der Waals surface area contributed by atoms with Crippen molar-refractivity contribution in [2.45, 2.75) is 19.4 Å². The Morgan fingerprint density at radius 1 is 1.10 bits per heavy atom. The highest BCUT2D eigenvalue weighted by atomic mass is 16.2. The van der Waals surface area contributed by atoms with E-state index in [1.54, 1.807) is 23.5 Å². The number of aromatic nitrogens is 3. The number of hydrogen-bond acceptors (Lipinski definition) is 5. The van der Waals surface area contributed by atoms with Crippen LogP contribution in [0.5, 0.6) is 0 Å². The fourth-order valence-electron chi connectivity index (χ4n) is 3.54. The molecule has 3 aromatic rings. The highest BCUT2D eigenvalue weighted by Crippen LogP contribution is 2.20. The quantitative estimate of drug-likeness (QED) is 0.656. The SMILES string of the molecule is O=C(NCCc1nccc(-c2ccccc2)n1)[C@@H]1CC(=O)N(Cc2cccnc2)C1. The smallest absolute Gasteiger partial charge is 0.225 e. The third-order valence-corrected chi connectivity index (χ3v) is 5.10. The third-order valence-electron chi connectivity index (χ3n) is 5.10. The van der Waals surface area contributed by atoms with Gasteiger partial charge >= 0.3 is 0 Å². The van der Waals surface area contributed by atoms with Gasteiger partial charge in [-0.25, -0.2) is 9.97 Å². The van der Waals surface area contributed by atoms with Crippen LogP contribution in [0, 0.1) is 5.92 Å². The molecule has 30 heavy (non-hydrogen) atoms. The Morgan fingerprint density at radius 2 is 1.97 bits per heavy atom. The van der Waals surface area contributed by atoms with Gasteiger partial charge in [-0.3, -0.25) is 14.6 Å². The zero-order valence-corrected chi connectivity index (χ0v) is 16.6. The summed E-state index contributed by atoms with van der Waals surface area (Å²) in [5.41, 5.74) is 2.85. The number of amides is 2. The van der Waals surface area contributed by atoms with E-state index in [0.29, 0.717) is 31.9 Å². The molecule has 2 aromatic heterocycles. The van der Waals surface area contributed by atoms with E-state index in [2.05, 4.69) is 20.3 Å². The van der Waals surface area contributed by atoms with Gasteiger partial charge < -0.3 is 10.2 Å². The summed E-state index contributed by atoms with van der Waals surface area (Å²) in [5, 5.41) is 2.93. The molecule has 1 aliphatic heterocycles. The van der Waals surface area contributed by atoms with Gasteiger partial charge in [0, 0.05) is 56.6 Å². The van der Waals surface area contributed by atoms with Crippen LogP contribution in [0.3, 0.4) is 0 Å². The highest BCUT2D eigenvalue weighted by molar-refractivity contribution is 5.89. The summed E-state index contributed by atoms with van der Waals surface area (Å²) in [7, 11) is 0. The number of carbonyl (C=O) groups is 2. The van der Waals surface area contributed by atoms with Crippen LogP contribution in [-0.4, -0.2) is 44.8 Å². The Bertz CT molecular complexity index is 1010. The van der Waals surface area contributed by atoms with Crippen LogP contribution in [0.1, 0.15) is 17.8 Å². The van der Waals surface area contributed by atoms with Crippen LogP contribution >= 0.6 is 0 Å². The van der Waals surface area contributed by atoms with Crippen LogP contribution in [0.4, 0.5) is 0 Å². The lowest BCUT2D eigenvalue weighted by Crippen LogP contribution is -2.34. The minimum Gasteiger partial charge on any atom is -0.355 e. The van der Waals surface area contributed by atoms with Crippen molar-refractivity contribution in [3.63, 3.8) is 0 Å². The fourth-order valence-corrected chi connectivity index (χ4v) is 3.54. The molecule has 1 aliphatic rings. The summed E-state index contributed by atoms with van der Waals surface area (Å²) in [6.45, 7) is 1.35. The first-order valence-corrected chi connectivity index (χ1v) is 10.0. The second-order valence-electron chi connectivity index (χ2n) is 7.30. The van der Waals surface area contributed by atoms with E-state index in [0.717, 1.165) is 16.8 Å². The number of benzene rings is 1. The van der Waals surface area contributed by atoms with Crippen molar-refractivity contribution in [1.29, 1.82) is 0 Å². The number of carbonyl (C=O) groups excluding carboxylic acids is 2. The molecule has 2 amide bonds. The molecule has 7 heteroatoms. The minimum absolute atomic E-state index is 0.00195. The lowest BCUT2D eigenvalue weighted by molar-refractivity contribution is -0.129. The predicted octanol–water partition coefficient (Wildman–Crippen LogP) is 2.25. The first-order valence-electron chi connectivity index (χ1n) is 10.0. The van der Waals surface area contributed by atoms with Crippen molar-refractivity contribution in [3.8, 4) is 11.3 Å². The molecule has 0 bridgehead atoms. The number of pyridine rings is 1. The van der Waals surface area contributed by atoms with Crippen molar-refractivity contribution in [2.75, 3.05) is 13.1 Å². The molecule has 3 heterocycles. The molecule has 0 aliphatic carbocycles. The van der Waals surface area contributed by atoms with Gasteiger partial charge in [0.1, 0.15) is 5.82 Å². The molecular formula is C23H23N5O2. The van der Waals surface area contributed by atoms with Gasteiger partial charge in [0.05, 0.1) is 11.6 Å². The maximum atomic E-state index is 12.5. The summed E-state index contributed by atoms with van der Waals surface area (Å²) in [6.07, 6.45) is 5.95. The van der Waals surface area contributed by atoms with E-state index in [1.165, 1.54) is 0 Å². The van der Waals surface area contributed by atoms with Crippen molar-refractivity contribution in [1.82, 2.24) is 25.2 Å². The zero-order valence-electron chi connectivity index (χ0n) is 16.6. The van der Waals surface area contributed by atoms with Gasteiger partial charge in [-0.15, -0.1) is 0 Å². The van der Waals surface area contributed by atoms with Gasteiger partial charge in [-0.05, 0) is 17.7 Å². The van der Waals surface area contributed by atoms with E-state index in [9.17, 15) is 9.59 Å². The predicted molar refractivity (Wildman–Crippen MR) is 112 cm³/mol. The van der Waals surface area contributed by atoms with Crippen molar-refractivity contribution >= 4 is 11.8 Å². The third kappa shape index (κ3) is 4.86. The van der Waals surface area contributed by atoms with Crippen LogP contribution < -0.4 is 5.32 Å². The number of hydrogen-bond donors (Lipinski definition) is 1. The lowest BCUT2D eigenvalue weighted by Gasteiger charge is -2.16. The molecule has 1 saturated heterocycles. The molecule has 0 radical (unpaired) electrons. The first kappa shape index (κ1) is 19.7. The van der Waals surface area contributed by atoms with Crippen LogP contribution in [0.25, 0.3) is 11.3 Å². The maximum Gasteiger partial charge on any atom is 0.225 e. The average molecular weight is 401 g/mol. The van der Waals surface area contributed by atoms with Gasteiger partial charge in [-0.1, -0.05) is 36.4 Å². The van der Waals surface area contributed by atoms with E-state index in [-0.39, 0.29) is 24.2 Å². The van der Waals surface area contributed by atoms with Crippen LogP contribution in [0.2, 0.25) is 0 Å². The molecule has 0 unspecified atom stereocenters. The van der Waals surface area contributed by atoms with E-state index in [1.807, 2.05) is 48.5 Å². The number of nitrogens with one attached hydrogen (secondary N) is 1. The highest BCUT2D eigenvalue weighted by Gasteiger charge is 2.34. The monoisotopic (exact) mass is 401 g/mol. The molecule has 4 rings (SSSR count). The molecule has 1 fully saturated rings. The molecule has 1 N–H and O–H groups in total. The number of nitrogens with zero attached hydrogens (tertiary/aromatic N) is 4. The Morgan fingerprint density at radius 3 is 2.77 bits per heavy atom. The van der Waals surface area contributed by atoms with Gasteiger partial charge in [0.15, 0.2) is 0 Å². The summed E-state index contributed by atoms with van der Waals surface area (Å²) in [4.78, 5) is 39.5. The van der Waals surface area contributed by atoms with E-state index < -0.39 is 0 Å². The lowest BCUT2D eigenvalue weighted by atomic mass is 10.1.